The number of nitrogens with one attached hydrogen (secondary N) is 1. The van der Waals surface area contributed by atoms with Crippen LogP contribution in [-0.4, -0.2) is 59.0 Å². The van der Waals surface area contributed by atoms with Gasteiger partial charge in [-0.2, -0.15) is 0 Å². The quantitative estimate of drug-likeness (QED) is 0.708. The molecule has 18 heavy (non-hydrogen) atoms. The first kappa shape index (κ1) is 12.7. The molecule has 0 radical (unpaired) electrons. The molecule has 2 heterocycles. The van der Waals surface area contributed by atoms with E-state index in [-0.39, 0.29) is 12.3 Å². The van der Waals surface area contributed by atoms with E-state index in [1.165, 1.54) is 0 Å². The summed E-state index contributed by atoms with van der Waals surface area (Å²) in [7, 11) is 0. The van der Waals surface area contributed by atoms with Gasteiger partial charge >= 0.3 is 5.97 Å². The summed E-state index contributed by atoms with van der Waals surface area (Å²) in [6.07, 6.45) is 1.56. The third-order valence-electron chi connectivity index (χ3n) is 2.94. The molecule has 1 atom stereocenters. The summed E-state index contributed by atoms with van der Waals surface area (Å²) < 4.78 is 0. The molecule has 6 nitrogen and oxygen atoms in total. The molecule has 1 aliphatic heterocycles. The largest absolute Gasteiger partial charge is 0.480 e. The molecule has 0 saturated carbocycles. The minimum atomic E-state index is -0.906. The zero-order valence-corrected chi connectivity index (χ0v) is 9.87. The fourth-order valence-corrected chi connectivity index (χ4v) is 1.97. The smallest absolute Gasteiger partial charge is 0.322 e. The highest BCUT2D eigenvalue weighted by molar-refractivity contribution is 5.96. The molecule has 0 amide bonds. The van der Waals surface area contributed by atoms with Crippen LogP contribution in [0.4, 0.5) is 0 Å². The number of rotatable bonds is 4. The van der Waals surface area contributed by atoms with Gasteiger partial charge in [-0.15, -0.1) is 0 Å². The minimum absolute atomic E-state index is 0.0929. The van der Waals surface area contributed by atoms with E-state index in [1.54, 1.807) is 29.3 Å². The number of Topliss-reactive ketones (excluding diaryl/α,β-unsaturated/α-hetero) is 1. The molecule has 1 aliphatic rings. The van der Waals surface area contributed by atoms with Crippen LogP contribution in [0.5, 0.6) is 0 Å². The number of carbonyl (C=O) groups excluding carboxylic acids is 1. The second-order valence-corrected chi connectivity index (χ2v) is 4.17. The van der Waals surface area contributed by atoms with Crippen molar-refractivity contribution in [2.45, 2.75) is 6.04 Å². The van der Waals surface area contributed by atoms with Crippen molar-refractivity contribution in [1.82, 2.24) is 15.2 Å². The number of hydrogen-bond acceptors (Lipinski definition) is 5. The summed E-state index contributed by atoms with van der Waals surface area (Å²) >= 11 is 0. The van der Waals surface area contributed by atoms with Gasteiger partial charge in [0.05, 0.1) is 6.54 Å². The van der Waals surface area contributed by atoms with Gasteiger partial charge in [0.15, 0.2) is 5.78 Å². The highest BCUT2D eigenvalue weighted by Gasteiger charge is 2.29. The Balaban J connectivity index is 2.03. The van der Waals surface area contributed by atoms with Crippen LogP contribution in [-0.2, 0) is 4.79 Å². The number of pyridine rings is 1. The minimum Gasteiger partial charge on any atom is -0.480 e. The predicted octanol–water partition coefficient (Wildman–Crippen LogP) is -0.377. The molecule has 2 rings (SSSR count). The van der Waals surface area contributed by atoms with Crippen LogP contribution in [0.2, 0.25) is 0 Å². The van der Waals surface area contributed by atoms with Crippen LogP contribution in [0, 0.1) is 0 Å². The second kappa shape index (κ2) is 5.70. The van der Waals surface area contributed by atoms with E-state index in [9.17, 15) is 9.59 Å². The zero-order valence-electron chi connectivity index (χ0n) is 9.87. The normalized spacial score (nSPS) is 20.6. The van der Waals surface area contributed by atoms with Gasteiger partial charge in [0, 0.05) is 25.8 Å². The van der Waals surface area contributed by atoms with E-state index < -0.39 is 12.0 Å². The monoisotopic (exact) mass is 249 g/mol. The van der Waals surface area contributed by atoms with E-state index in [1.807, 2.05) is 0 Å². The Hall–Kier alpha value is -1.79. The number of hydrogen-bond donors (Lipinski definition) is 2. The summed E-state index contributed by atoms with van der Waals surface area (Å²) in [4.78, 5) is 28.7. The lowest BCUT2D eigenvalue weighted by Gasteiger charge is -2.32. The summed E-state index contributed by atoms with van der Waals surface area (Å²) in [5, 5.41) is 12.1. The molecule has 6 heteroatoms. The van der Waals surface area contributed by atoms with E-state index >= 15 is 0 Å². The van der Waals surface area contributed by atoms with Crippen molar-refractivity contribution in [2.24, 2.45) is 0 Å². The molecule has 0 spiro atoms. The predicted molar refractivity (Wildman–Crippen MR) is 64.4 cm³/mol. The van der Waals surface area contributed by atoms with Gasteiger partial charge < -0.3 is 10.4 Å². The Morgan fingerprint density at radius 2 is 2.33 bits per heavy atom. The standard InChI is InChI=1S/C12H15N3O3/c16-11(9-3-1-2-4-14-9)8-15-6-5-13-7-10(15)12(17)18/h1-4,10,13H,5-8H2,(H,17,18)/t10-/m1/s1. The summed E-state index contributed by atoms with van der Waals surface area (Å²) in [6, 6.07) is 4.47. The van der Waals surface area contributed by atoms with Gasteiger partial charge in [-0.1, -0.05) is 6.07 Å². The molecule has 0 aromatic carbocycles. The van der Waals surface area contributed by atoms with E-state index in [4.69, 9.17) is 5.11 Å². The molecule has 0 aliphatic carbocycles. The van der Waals surface area contributed by atoms with Crippen molar-refractivity contribution in [1.29, 1.82) is 0 Å². The number of carboxylic acids is 1. The number of aromatic nitrogens is 1. The van der Waals surface area contributed by atoms with Crippen molar-refractivity contribution in [2.75, 3.05) is 26.2 Å². The molecule has 96 valence electrons. The first-order chi connectivity index (χ1) is 8.68. The van der Waals surface area contributed by atoms with Gasteiger partial charge in [-0.25, -0.2) is 0 Å². The Kier molecular flexibility index (Phi) is 4.01. The Morgan fingerprint density at radius 1 is 1.50 bits per heavy atom. The van der Waals surface area contributed by atoms with Crippen LogP contribution >= 0.6 is 0 Å². The van der Waals surface area contributed by atoms with Gasteiger partial charge in [0.25, 0.3) is 0 Å². The van der Waals surface area contributed by atoms with Crippen molar-refractivity contribution in [3.8, 4) is 0 Å². The van der Waals surface area contributed by atoms with Crippen molar-refractivity contribution in [3.63, 3.8) is 0 Å². The second-order valence-electron chi connectivity index (χ2n) is 4.17. The molecular weight excluding hydrogens is 234 g/mol. The van der Waals surface area contributed by atoms with Crippen LogP contribution < -0.4 is 5.32 Å². The summed E-state index contributed by atoms with van der Waals surface area (Å²) in [6.45, 7) is 1.70. The first-order valence-corrected chi connectivity index (χ1v) is 5.80. The lowest BCUT2D eigenvalue weighted by molar-refractivity contribution is -0.143. The Labute approximate surface area is 105 Å². The zero-order chi connectivity index (χ0) is 13.0. The van der Waals surface area contributed by atoms with Gasteiger partial charge in [0.1, 0.15) is 11.7 Å². The number of carboxylic acid groups (broad SMARTS) is 1. The van der Waals surface area contributed by atoms with Crippen LogP contribution in [0.15, 0.2) is 24.4 Å². The topological polar surface area (TPSA) is 82.5 Å². The van der Waals surface area contributed by atoms with E-state index in [0.717, 1.165) is 0 Å². The van der Waals surface area contributed by atoms with Crippen molar-refractivity contribution < 1.29 is 14.7 Å². The molecule has 1 aromatic heterocycles. The molecule has 0 unspecified atom stereocenters. The highest BCUT2D eigenvalue weighted by atomic mass is 16.4. The van der Waals surface area contributed by atoms with E-state index in [2.05, 4.69) is 10.3 Å². The molecule has 0 bridgehead atoms. The number of carbonyl (C=O) groups is 2. The molecule has 1 aromatic rings. The lowest BCUT2D eigenvalue weighted by atomic mass is 10.1. The van der Waals surface area contributed by atoms with Gasteiger partial charge in [0.2, 0.25) is 0 Å². The molecule has 1 saturated heterocycles. The van der Waals surface area contributed by atoms with Crippen molar-refractivity contribution in [3.05, 3.63) is 30.1 Å². The van der Waals surface area contributed by atoms with Crippen LogP contribution in [0.25, 0.3) is 0 Å². The van der Waals surface area contributed by atoms with E-state index in [0.29, 0.717) is 25.3 Å². The van der Waals surface area contributed by atoms with Crippen LogP contribution in [0.3, 0.4) is 0 Å². The third kappa shape index (κ3) is 2.91. The van der Waals surface area contributed by atoms with Crippen molar-refractivity contribution >= 4 is 11.8 Å². The maximum atomic E-state index is 12.0. The fourth-order valence-electron chi connectivity index (χ4n) is 1.97. The molecule has 1 fully saturated rings. The highest BCUT2D eigenvalue weighted by Crippen LogP contribution is 2.06. The number of piperazine rings is 1. The van der Waals surface area contributed by atoms with Gasteiger partial charge in [-0.05, 0) is 12.1 Å². The Bertz CT molecular complexity index is 435. The van der Waals surface area contributed by atoms with Crippen LogP contribution in [0.1, 0.15) is 10.5 Å². The molecule has 2 N–H and O–H groups in total. The number of nitrogens with zero attached hydrogens (tertiary/aromatic N) is 2. The number of ketones is 1. The summed E-state index contributed by atoms with van der Waals surface area (Å²) in [5.74, 6) is -1.06. The SMILES string of the molecule is O=C(CN1CCNC[C@@H]1C(=O)O)c1ccccn1. The first-order valence-electron chi connectivity index (χ1n) is 5.80. The average molecular weight is 249 g/mol. The molecular formula is C12H15N3O3. The summed E-state index contributed by atoms with van der Waals surface area (Å²) in [5.41, 5.74) is 0.375. The fraction of sp³-hybridized carbons (Fsp3) is 0.417. The third-order valence-corrected chi connectivity index (χ3v) is 2.94. The maximum absolute atomic E-state index is 12.0. The maximum Gasteiger partial charge on any atom is 0.322 e. The number of aliphatic carboxylic acids is 1. The van der Waals surface area contributed by atoms with Gasteiger partial charge in [-0.3, -0.25) is 19.5 Å². The Morgan fingerprint density at radius 3 is 3.00 bits per heavy atom. The average Bonchev–Trinajstić information content (AvgIpc) is 2.40. The lowest BCUT2D eigenvalue weighted by Crippen LogP contribution is -2.56.